The Balaban J connectivity index is 1.94. The molecule has 0 amide bonds. The zero-order valence-corrected chi connectivity index (χ0v) is 11.5. The number of aromatic nitrogens is 1. The van der Waals surface area contributed by atoms with Crippen LogP contribution >= 0.6 is 11.3 Å². The van der Waals surface area contributed by atoms with Crippen molar-refractivity contribution in [3.05, 3.63) is 16.1 Å². The van der Waals surface area contributed by atoms with Crippen LogP contribution in [-0.2, 0) is 10.9 Å². The molecule has 1 aliphatic heterocycles. The van der Waals surface area contributed by atoms with Gasteiger partial charge in [0.05, 0.1) is 6.10 Å². The van der Waals surface area contributed by atoms with Crippen LogP contribution in [0, 0.1) is 0 Å². The lowest BCUT2D eigenvalue weighted by Gasteiger charge is -2.16. The highest BCUT2D eigenvalue weighted by Crippen LogP contribution is 2.35. The number of hydrogen-bond donors (Lipinski definition) is 1. The number of rotatable bonds is 5. The highest BCUT2D eigenvalue weighted by Gasteiger charge is 2.35. The van der Waals surface area contributed by atoms with Crippen molar-refractivity contribution in [2.75, 3.05) is 13.7 Å². The van der Waals surface area contributed by atoms with Crippen LogP contribution in [0.25, 0.3) is 0 Å². The van der Waals surface area contributed by atoms with Crippen LogP contribution in [-0.4, -0.2) is 24.7 Å². The molecule has 3 nitrogen and oxygen atoms in total. The maximum absolute atomic E-state index is 12.5. The second-order valence-corrected chi connectivity index (χ2v) is 5.68. The molecule has 19 heavy (non-hydrogen) atoms. The van der Waals surface area contributed by atoms with Gasteiger partial charge in [-0.3, -0.25) is 0 Å². The maximum Gasteiger partial charge on any atom is 0.443 e. The molecule has 1 fully saturated rings. The highest BCUT2D eigenvalue weighted by molar-refractivity contribution is 7.11. The molecule has 1 aromatic rings. The zero-order chi connectivity index (χ0) is 13.9. The molecule has 1 saturated heterocycles. The molecule has 0 aromatic carbocycles. The fourth-order valence-corrected chi connectivity index (χ4v) is 3.16. The van der Waals surface area contributed by atoms with E-state index in [-0.39, 0.29) is 12.1 Å². The van der Waals surface area contributed by atoms with Gasteiger partial charge in [-0.2, -0.15) is 13.2 Å². The van der Waals surface area contributed by atoms with Crippen LogP contribution in [0.4, 0.5) is 13.2 Å². The number of ether oxygens (including phenoxy) is 1. The maximum atomic E-state index is 12.5. The molecule has 0 radical (unpaired) electrons. The molecule has 2 atom stereocenters. The summed E-state index contributed by atoms with van der Waals surface area (Å²) in [5.41, 5.74) is 0. The first kappa shape index (κ1) is 14.7. The first-order valence-corrected chi connectivity index (χ1v) is 7.14. The van der Waals surface area contributed by atoms with Crippen LogP contribution in [0.1, 0.15) is 41.6 Å². The van der Waals surface area contributed by atoms with Crippen LogP contribution in [0.2, 0.25) is 0 Å². The monoisotopic (exact) mass is 294 g/mol. The molecular weight excluding hydrogens is 277 g/mol. The molecule has 108 valence electrons. The van der Waals surface area contributed by atoms with Crippen molar-refractivity contribution >= 4 is 11.3 Å². The van der Waals surface area contributed by atoms with E-state index >= 15 is 0 Å². The summed E-state index contributed by atoms with van der Waals surface area (Å²) >= 11 is 0.716. The Bertz CT molecular complexity index is 402. The Morgan fingerprint density at radius 1 is 1.58 bits per heavy atom. The SMILES string of the molecule is CNC(CCC1CCCO1)c1cnc(C(F)(F)F)s1. The molecule has 7 heteroatoms. The van der Waals surface area contributed by atoms with Gasteiger partial charge in [0.2, 0.25) is 0 Å². The van der Waals surface area contributed by atoms with E-state index < -0.39 is 11.2 Å². The first-order chi connectivity index (χ1) is 9.00. The molecule has 0 saturated carbocycles. The van der Waals surface area contributed by atoms with Gasteiger partial charge in [-0.15, -0.1) is 11.3 Å². The molecule has 0 aliphatic carbocycles. The number of nitrogens with one attached hydrogen (secondary N) is 1. The predicted molar refractivity (Wildman–Crippen MR) is 67.1 cm³/mol. The average molecular weight is 294 g/mol. The Kier molecular flexibility index (Phi) is 4.81. The van der Waals surface area contributed by atoms with E-state index in [1.54, 1.807) is 7.05 Å². The summed E-state index contributed by atoms with van der Waals surface area (Å²) in [5, 5.41) is 2.28. The van der Waals surface area contributed by atoms with E-state index in [0.29, 0.717) is 16.2 Å². The summed E-state index contributed by atoms with van der Waals surface area (Å²) in [6.07, 6.45) is 0.984. The highest BCUT2D eigenvalue weighted by atomic mass is 32.1. The second kappa shape index (κ2) is 6.19. The van der Waals surface area contributed by atoms with Crippen molar-refractivity contribution in [3.63, 3.8) is 0 Å². The van der Waals surface area contributed by atoms with Gasteiger partial charge in [-0.25, -0.2) is 4.98 Å². The smallest absolute Gasteiger partial charge is 0.378 e. The van der Waals surface area contributed by atoms with E-state index in [1.807, 2.05) is 0 Å². The van der Waals surface area contributed by atoms with Crippen molar-refractivity contribution in [1.29, 1.82) is 0 Å². The normalized spacial score (nSPS) is 21.8. The van der Waals surface area contributed by atoms with Crippen molar-refractivity contribution in [3.8, 4) is 0 Å². The molecule has 2 rings (SSSR count). The summed E-state index contributed by atoms with van der Waals surface area (Å²) in [7, 11) is 1.76. The van der Waals surface area contributed by atoms with Gasteiger partial charge in [-0.05, 0) is 32.7 Å². The van der Waals surface area contributed by atoms with E-state index in [9.17, 15) is 13.2 Å². The van der Waals surface area contributed by atoms with Gasteiger partial charge >= 0.3 is 6.18 Å². The number of thiazole rings is 1. The molecule has 2 unspecified atom stereocenters. The zero-order valence-electron chi connectivity index (χ0n) is 10.7. The van der Waals surface area contributed by atoms with Gasteiger partial charge in [0.25, 0.3) is 0 Å². The lowest BCUT2D eigenvalue weighted by atomic mass is 10.1. The summed E-state index contributed by atoms with van der Waals surface area (Å²) in [5.74, 6) is 0. The van der Waals surface area contributed by atoms with Crippen molar-refractivity contribution in [2.24, 2.45) is 0 Å². The summed E-state index contributed by atoms with van der Waals surface area (Å²) in [4.78, 5) is 4.09. The van der Waals surface area contributed by atoms with Crippen LogP contribution in [0.15, 0.2) is 6.20 Å². The molecule has 1 N–H and O–H groups in total. The van der Waals surface area contributed by atoms with E-state index in [4.69, 9.17) is 4.74 Å². The Hall–Kier alpha value is -0.660. The van der Waals surface area contributed by atoms with Gasteiger partial charge < -0.3 is 10.1 Å². The lowest BCUT2D eigenvalue weighted by Crippen LogP contribution is -2.17. The fourth-order valence-electron chi connectivity index (χ4n) is 2.23. The minimum atomic E-state index is -4.35. The standard InChI is InChI=1S/C12H17F3N2OS/c1-16-9(5-4-8-3-2-6-18-8)10-7-17-11(19-10)12(13,14)15/h7-9,16H,2-6H2,1H3. The quantitative estimate of drug-likeness (QED) is 0.904. The van der Waals surface area contributed by atoms with Gasteiger partial charge in [0.1, 0.15) is 0 Å². The first-order valence-electron chi connectivity index (χ1n) is 6.32. The fraction of sp³-hybridized carbons (Fsp3) is 0.750. The van der Waals surface area contributed by atoms with E-state index in [0.717, 1.165) is 32.3 Å². The molecule has 0 spiro atoms. The van der Waals surface area contributed by atoms with Crippen LogP contribution in [0.5, 0.6) is 0 Å². The lowest BCUT2D eigenvalue weighted by molar-refractivity contribution is -0.137. The van der Waals surface area contributed by atoms with E-state index in [2.05, 4.69) is 10.3 Å². The summed E-state index contributed by atoms with van der Waals surface area (Å²) in [6, 6.07) is -0.0854. The number of halogens is 3. The predicted octanol–water partition coefficient (Wildman–Crippen LogP) is 3.38. The topological polar surface area (TPSA) is 34.1 Å². The third kappa shape index (κ3) is 3.90. The van der Waals surface area contributed by atoms with Crippen LogP contribution in [0.3, 0.4) is 0 Å². The van der Waals surface area contributed by atoms with Crippen molar-refractivity contribution in [2.45, 2.75) is 44.0 Å². The Morgan fingerprint density at radius 2 is 2.37 bits per heavy atom. The molecule has 0 bridgehead atoms. The number of hydrogen-bond acceptors (Lipinski definition) is 4. The molecule has 1 aliphatic rings. The van der Waals surface area contributed by atoms with E-state index in [1.165, 1.54) is 6.20 Å². The van der Waals surface area contributed by atoms with Gasteiger partial charge in [0.15, 0.2) is 5.01 Å². The summed E-state index contributed by atoms with van der Waals surface area (Å²) < 4.78 is 43.0. The number of alkyl halides is 3. The number of nitrogens with zero attached hydrogens (tertiary/aromatic N) is 1. The van der Waals surface area contributed by atoms with Gasteiger partial charge in [-0.1, -0.05) is 0 Å². The molecule has 1 aromatic heterocycles. The molecule has 2 heterocycles. The largest absolute Gasteiger partial charge is 0.443 e. The van der Waals surface area contributed by atoms with Gasteiger partial charge in [0, 0.05) is 23.7 Å². The second-order valence-electron chi connectivity index (χ2n) is 4.62. The average Bonchev–Trinajstić information content (AvgIpc) is 2.98. The third-order valence-electron chi connectivity index (χ3n) is 3.26. The van der Waals surface area contributed by atoms with Crippen molar-refractivity contribution < 1.29 is 17.9 Å². The molecular formula is C12H17F3N2OS. The Morgan fingerprint density at radius 3 is 2.89 bits per heavy atom. The Labute approximate surface area is 114 Å². The van der Waals surface area contributed by atoms with Crippen LogP contribution < -0.4 is 5.32 Å². The minimum Gasteiger partial charge on any atom is -0.378 e. The summed E-state index contributed by atoms with van der Waals surface area (Å²) in [6.45, 7) is 0.799. The minimum absolute atomic E-state index is 0.0854. The van der Waals surface area contributed by atoms with Crippen molar-refractivity contribution in [1.82, 2.24) is 10.3 Å². The third-order valence-corrected chi connectivity index (χ3v) is 4.42.